The summed E-state index contributed by atoms with van der Waals surface area (Å²) in [5.74, 6) is -1.57. The SMILES string of the molecule is CCOC1=C(C)C(=O)C1(O)/C([N+]#N)=C(/O)OCC. The lowest BCUT2D eigenvalue weighted by atomic mass is 9.76. The summed E-state index contributed by atoms with van der Waals surface area (Å²) in [6.45, 7) is 5.03. The maximum Gasteiger partial charge on any atom is 0.487 e. The molecule has 0 aromatic rings. The van der Waals surface area contributed by atoms with Crippen molar-refractivity contribution in [3.8, 4) is 0 Å². The zero-order chi connectivity index (χ0) is 13.9. The molecule has 2 N–H and O–H groups in total. The summed E-state index contributed by atoms with van der Waals surface area (Å²) in [4.78, 5) is 14.5. The number of nitrogens with zero attached hydrogens (tertiary/aromatic N) is 2. The molecule has 0 saturated carbocycles. The molecule has 7 heteroatoms. The maximum atomic E-state index is 11.7. The van der Waals surface area contributed by atoms with Crippen molar-refractivity contribution in [2.45, 2.75) is 26.4 Å². The average Bonchev–Trinajstić information content (AvgIpc) is 2.35. The zero-order valence-corrected chi connectivity index (χ0v) is 10.4. The lowest BCUT2D eigenvalue weighted by Gasteiger charge is -2.32. The quantitative estimate of drug-likeness (QED) is 0.565. The molecule has 7 nitrogen and oxygen atoms in total. The first-order chi connectivity index (χ1) is 8.44. The van der Waals surface area contributed by atoms with Crippen LogP contribution in [0.15, 0.2) is 23.0 Å². The van der Waals surface area contributed by atoms with Gasteiger partial charge in [-0.2, -0.15) is 0 Å². The monoisotopic (exact) mass is 255 g/mol. The molecule has 0 bridgehead atoms. The number of hydrogen-bond acceptors (Lipinski definition) is 6. The third-order valence-corrected chi connectivity index (χ3v) is 2.55. The molecule has 1 aliphatic carbocycles. The van der Waals surface area contributed by atoms with Gasteiger partial charge in [0, 0.05) is 5.57 Å². The van der Waals surface area contributed by atoms with Crippen molar-refractivity contribution in [2.24, 2.45) is 0 Å². The molecule has 1 atom stereocenters. The summed E-state index contributed by atoms with van der Waals surface area (Å²) < 4.78 is 9.84. The van der Waals surface area contributed by atoms with Crippen LogP contribution in [-0.4, -0.2) is 34.8 Å². The van der Waals surface area contributed by atoms with Crippen LogP contribution in [0, 0.1) is 5.39 Å². The zero-order valence-electron chi connectivity index (χ0n) is 10.4. The summed E-state index contributed by atoms with van der Waals surface area (Å²) in [7, 11) is 0. The number of diazo groups is 1. The normalized spacial score (nSPS) is 24.1. The molecule has 18 heavy (non-hydrogen) atoms. The van der Waals surface area contributed by atoms with Gasteiger partial charge in [-0.15, -0.1) is 0 Å². The number of aliphatic hydroxyl groups excluding tert-OH is 1. The van der Waals surface area contributed by atoms with Crippen LogP contribution >= 0.6 is 0 Å². The molecule has 0 aromatic heterocycles. The highest BCUT2D eigenvalue weighted by atomic mass is 16.6. The largest absolute Gasteiger partial charge is 0.494 e. The highest BCUT2D eigenvalue weighted by Crippen LogP contribution is 2.42. The smallest absolute Gasteiger partial charge is 0.487 e. The van der Waals surface area contributed by atoms with Crippen LogP contribution in [0.2, 0.25) is 0 Å². The summed E-state index contributed by atoms with van der Waals surface area (Å²) in [6, 6.07) is 0. The van der Waals surface area contributed by atoms with Gasteiger partial charge in [0.25, 0.3) is 0 Å². The number of hydrogen-bond donors (Lipinski definition) is 2. The van der Waals surface area contributed by atoms with Crippen LogP contribution in [0.1, 0.15) is 20.8 Å². The van der Waals surface area contributed by atoms with Crippen LogP contribution in [0.25, 0.3) is 4.98 Å². The number of aliphatic hydroxyl groups is 2. The fourth-order valence-electron chi connectivity index (χ4n) is 1.73. The van der Waals surface area contributed by atoms with E-state index in [9.17, 15) is 15.0 Å². The van der Waals surface area contributed by atoms with Crippen molar-refractivity contribution in [2.75, 3.05) is 13.2 Å². The Morgan fingerprint density at radius 3 is 2.50 bits per heavy atom. The van der Waals surface area contributed by atoms with Crippen molar-refractivity contribution in [1.29, 1.82) is 5.39 Å². The van der Waals surface area contributed by atoms with Crippen LogP contribution in [0.5, 0.6) is 0 Å². The first-order valence-corrected chi connectivity index (χ1v) is 5.47. The summed E-state index contributed by atoms with van der Waals surface area (Å²) in [6.07, 6.45) is 0. The van der Waals surface area contributed by atoms with Gasteiger partial charge in [0.05, 0.1) is 13.2 Å². The molecular formula is C11H15N2O5+. The van der Waals surface area contributed by atoms with Gasteiger partial charge in [-0.05, 0) is 20.8 Å². The Morgan fingerprint density at radius 2 is 2.06 bits per heavy atom. The van der Waals surface area contributed by atoms with E-state index in [1.165, 1.54) is 6.92 Å². The minimum absolute atomic E-state index is 0.0472. The first kappa shape index (κ1) is 14.0. The predicted octanol–water partition coefficient (Wildman–Crippen LogP) is 1.23. The number of Topliss-reactive ketones (excluding diaryl/α,β-unsaturated/α-hetero) is 1. The van der Waals surface area contributed by atoms with Gasteiger partial charge < -0.3 is 19.7 Å². The van der Waals surface area contributed by atoms with Crippen LogP contribution in [0.4, 0.5) is 0 Å². The number of ether oxygens (including phenoxy) is 2. The van der Waals surface area contributed by atoms with Gasteiger partial charge in [0.15, 0.2) is 10.7 Å². The highest BCUT2D eigenvalue weighted by Gasteiger charge is 2.65. The molecule has 0 aliphatic heterocycles. The second-order valence-electron chi connectivity index (χ2n) is 3.61. The van der Waals surface area contributed by atoms with E-state index in [0.717, 1.165) is 0 Å². The summed E-state index contributed by atoms with van der Waals surface area (Å²) in [5, 5.41) is 28.6. The molecule has 0 radical (unpaired) electrons. The Hall–Kier alpha value is -2.07. The molecule has 0 saturated heterocycles. The van der Waals surface area contributed by atoms with E-state index in [1.54, 1.807) is 13.8 Å². The Morgan fingerprint density at radius 1 is 1.44 bits per heavy atom. The van der Waals surface area contributed by atoms with E-state index in [1.807, 2.05) is 0 Å². The molecule has 1 rings (SSSR count). The van der Waals surface area contributed by atoms with Gasteiger partial charge in [-0.25, -0.2) is 0 Å². The van der Waals surface area contributed by atoms with E-state index in [2.05, 4.69) is 4.98 Å². The number of ketones is 1. The Labute approximate surface area is 104 Å². The van der Waals surface area contributed by atoms with Crippen molar-refractivity contribution >= 4 is 5.78 Å². The fraction of sp³-hybridized carbons (Fsp3) is 0.545. The highest BCUT2D eigenvalue weighted by molar-refractivity contribution is 6.13. The van der Waals surface area contributed by atoms with Crippen molar-refractivity contribution in [1.82, 2.24) is 0 Å². The second-order valence-corrected chi connectivity index (χ2v) is 3.61. The molecule has 0 fully saturated rings. The molecule has 0 aromatic carbocycles. The molecule has 98 valence electrons. The van der Waals surface area contributed by atoms with Crippen LogP contribution < -0.4 is 0 Å². The molecule has 0 amide bonds. The van der Waals surface area contributed by atoms with Crippen molar-refractivity contribution in [3.05, 3.63) is 28.0 Å². The Bertz CT molecular complexity index is 474. The van der Waals surface area contributed by atoms with Gasteiger partial charge in [0.1, 0.15) is 0 Å². The van der Waals surface area contributed by atoms with Gasteiger partial charge >= 0.3 is 17.2 Å². The molecule has 0 heterocycles. The van der Waals surface area contributed by atoms with Gasteiger partial charge in [-0.1, -0.05) is 0 Å². The van der Waals surface area contributed by atoms with Crippen LogP contribution in [0.3, 0.4) is 0 Å². The van der Waals surface area contributed by atoms with Crippen LogP contribution in [-0.2, 0) is 14.3 Å². The van der Waals surface area contributed by atoms with E-state index in [0.29, 0.717) is 0 Å². The minimum Gasteiger partial charge on any atom is -0.494 e. The topological polar surface area (TPSA) is 104 Å². The lowest BCUT2D eigenvalue weighted by Crippen LogP contribution is -2.52. The maximum absolute atomic E-state index is 11.7. The summed E-state index contributed by atoms with van der Waals surface area (Å²) >= 11 is 0. The average molecular weight is 255 g/mol. The first-order valence-electron chi connectivity index (χ1n) is 5.47. The van der Waals surface area contributed by atoms with E-state index in [4.69, 9.17) is 14.9 Å². The third kappa shape index (κ3) is 1.80. The molecule has 1 unspecified atom stereocenters. The van der Waals surface area contributed by atoms with E-state index >= 15 is 0 Å². The van der Waals surface area contributed by atoms with E-state index < -0.39 is 23.0 Å². The number of carbonyl (C=O) groups excluding carboxylic acids is 1. The minimum atomic E-state index is -2.28. The third-order valence-electron chi connectivity index (χ3n) is 2.55. The van der Waals surface area contributed by atoms with Gasteiger partial charge in [-0.3, -0.25) is 4.79 Å². The second kappa shape index (κ2) is 5.06. The standard InChI is InChI=1S/C11H14N2O5/c1-4-17-9-6(3)8(14)11(9,16)7(13-12)10(15)18-5-2/h16H,4-5H2,1-3H3/p+1/b10-7+. The van der Waals surface area contributed by atoms with Gasteiger partial charge in [0.2, 0.25) is 11.2 Å². The van der Waals surface area contributed by atoms with Crippen molar-refractivity contribution in [3.63, 3.8) is 0 Å². The van der Waals surface area contributed by atoms with E-state index in [-0.39, 0.29) is 24.5 Å². The predicted molar refractivity (Wildman–Crippen MR) is 60.6 cm³/mol. The van der Waals surface area contributed by atoms with Crippen molar-refractivity contribution < 1.29 is 24.5 Å². The lowest BCUT2D eigenvalue weighted by molar-refractivity contribution is -0.136. The number of carbonyl (C=O) groups is 1. The molecule has 1 aliphatic rings. The Kier molecular flexibility index (Phi) is 3.93. The molecule has 0 spiro atoms. The molecular weight excluding hydrogens is 240 g/mol. The number of rotatable bonds is 5. The summed E-state index contributed by atoms with van der Waals surface area (Å²) in [5.41, 5.74) is -2.75. The fourth-order valence-corrected chi connectivity index (χ4v) is 1.73. The Balaban J connectivity index is 3.27.